The van der Waals surface area contributed by atoms with Gasteiger partial charge >= 0.3 is 6.18 Å². The number of hydrogen-bond acceptors (Lipinski definition) is 5. The van der Waals surface area contributed by atoms with Crippen LogP contribution in [0.4, 0.5) is 23.9 Å². The Morgan fingerprint density at radius 1 is 1.35 bits per heavy atom. The molecular weight excluding hydrogens is 253 g/mol. The molecule has 0 bridgehead atoms. The highest BCUT2D eigenvalue weighted by atomic mass is 32.1. The Labute approximate surface area is 99.3 Å². The lowest BCUT2D eigenvalue weighted by atomic mass is 10.2. The Bertz CT molecular complexity index is 506. The van der Waals surface area contributed by atoms with Crippen molar-refractivity contribution in [2.24, 2.45) is 0 Å². The molecule has 0 saturated heterocycles. The van der Waals surface area contributed by atoms with Gasteiger partial charge in [0.2, 0.25) is 0 Å². The number of hydrogen-bond donors (Lipinski definition) is 1. The highest BCUT2D eigenvalue weighted by molar-refractivity contribution is 7.17. The normalized spacial score (nSPS) is 10.7. The van der Waals surface area contributed by atoms with Crippen LogP contribution in [0.5, 0.6) is 0 Å². The minimum atomic E-state index is -4.38. The van der Waals surface area contributed by atoms with Gasteiger partial charge in [-0.15, -0.1) is 11.3 Å². The summed E-state index contributed by atoms with van der Waals surface area (Å²) in [5.74, 6) is 0. The predicted molar refractivity (Wildman–Crippen MR) is 57.5 cm³/mol. The van der Waals surface area contributed by atoms with Crippen LogP contribution in [-0.4, -0.2) is 19.8 Å². The molecule has 17 heavy (non-hydrogen) atoms. The molecule has 0 aliphatic carbocycles. The number of nitrogen functional groups attached to an aromatic ring is 1. The van der Waals surface area contributed by atoms with Gasteiger partial charge in [0.15, 0.2) is 0 Å². The zero-order valence-electron chi connectivity index (χ0n) is 8.67. The Kier molecular flexibility index (Phi) is 3.49. The molecule has 0 fully saturated rings. The number of rotatable bonds is 2. The minimum Gasteiger partial charge on any atom is -0.396 e. The van der Waals surface area contributed by atoms with Crippen molar-refractivity contribution in [3.05, 3.63) is 10.4 Å². The highest BCUT2D eigenvalue weighted by Crippen LogP contribution is 2.37. The molecular formula is C9H7F3N4S. The second kappa shape index (κ2) is 4.52. The maximum Gasteiger partial charge on any atom is 0.405 e. The molecule has 1 aromatic rings. The molecule has 1 aromatic heterocycles. The summed E-state index contributed by atoms with van der Waals surface area (Å²) in [6.07, 6.45) is -4.38. The molecule has 8 heteroatoms. The molecule has 0 unspecified atom stereocenters. The van der Waals surface area contributed by atoms with E-state index in [1.54, 1.807) is 12.1 Å². The average molecular weight is 260 g/mol. The fraction of sp³-hybridized carbons (Fsp3) is 0.333. The maximum absolute atomic E-state index is 12.2. The first-order chi connectivity index (χ1) is 7.80. The average Bonchev–Trinajstić information content (AvgIpc) is 2.52. The zero-order chi connectivity index (χ0) is 13.2. The van der Waals surface area contributed by atoms with E-state index in [2.05, 4.69) is 0 Å². The summed E-state index contributed by atoms with van der Waals surface area (Å²) >= 11 is 0.777. The summed E-state index contributed by atoms with van der Waals surface area (Å²) < 4.78 is 36.6. The third kappa shape index (κ3) is 2.80. The van der Waals surface area contributed by atoms with Crippen LogP contribution in [0.15, 0.2) is 0 Å². The molecule has 1 rings (SSSR count). The summed E-state index contributed by atoms with van der Waals surface area (Å²) in [6.45, 7) is -1.20. The molecule has 0 aliphatic heterocycles. The zero-order valence-corrected chi connectivity index (χ0v) is 9.48. The molecule has 2 N–H and O–H groups in total. The standard InChI is InChI=1S/C9H7F3N4S/c1-16(4-9(10,11)12)8-5(2-13)7(15)6(3-14)17-8/h4,15H2,1H3. The van der Waals surface area contributed by atoms with Crippen LogP contribution in [0.3, 0.4) is 0 Å². The van der Waals surface area contributed by atoms with E-state index in [4.69, 9.17) is 16.3 Å². The van der Waals surface area contributed by atoms with Crippen molar-refractivity contribution in [2.45, 2.75) is 6.18 Å². The smallest absolute Gasteiger partial charge is 0.396 e. The van der Waals surface area contributed by atoms with Gasteiger partial charge in [-0.2, -0.15) is 23.7 Å². The van der Waals surface area contributed by atoms with Crippen molar-refractivity contribution >= 4 is 22.0 Å². The van der Waals surface area contributed by atoms with E-state index in [1.807, 2.05) is 0 Å². The summed E-state index contributed by atoms with van der Waals surface area (Å²) in [5, 5.41) is 17.6. The van der Waals surface area contributed by atoms with Crippen LogP contribution < -0.4 is 10.6 Å². The number of anilines is 2. The van der Waals surface area contributed by atoms with Crippen LogP contribution in [0.2, 0.25) is 0 Å². The second-order valence-electron chi connectivity index (χ2n) is 3.22. The molecule has 0 saturated carbocycles. The van der Waals surface area contributed by atoms with Crippen molar-refractivity contribution in [2.75, 3.05) is 24.2 Å². The van der Waals surface area contributed by atoms with E-state index in [1.165, 1.54) is 7.05 Å². The summed E-state index contributed by atoms with van der Waals surface area (Å²) in [7, 11) is 1.20. The Morgan fingerprint density at radius 3 is 2.35 bits per heavy atom. The number of nitrogens with zero attached hydrogens (tertiary/aromatic N) is 3. The van der Waals surface area contributed by atoms with Gasteiger partial charge in [-0.25, -0.2) is 0 Å². The maximum atomic E-state index is 12.2. The first-order valence-electron chi connectivity index (χ1n) is 4.30. The van der Waals surface area contributed by atoms with Crippen molar-refractivity contribution in [1.82, 2.24) is 0 Å². The van der Waals surface area contributed by atoms with Crippen molar-refractivity contribution in [3.63, 3.8) is 0 Å². The van der Waals surface area contributed by atoms with E-state index in [-0.39, 0.29) is 21.1 Å². The van der Waals surface area contributed by atoms with Gasteiger partial charge in [0.25, 0.3) is 0 Å². The number of alkyl halides is 3. The SMILES string of the molecule is CN(CC(F)(F)F)c1sc(C#N)c(N)c1C#N. The highest BCUT2D eigenvalue weighted by Gasteiger charge is 2.31. The molecule has 0 spiro atoms. The Balaban J connectivity index is 3.16. The fourth-order valence-electron chi connectivity index (χ4n) is 1.23. The Hall–Kier alpha value is -1.93. The quantitative estimate of drug-likeness (QED) is 0.883. The van der Waals surface area contributed by atoms with Crippen molar-refractivity contribution in [3.8, 4) is 12.1 Å². The van der Waals surface area contributed by atoms with E-state index in [0.717, 1.165) is 16.2 Å². The summed E-state index contributed by atoms with van der Waals surface area (Å²) in [6, 6.07) is 3.45. The van der Waals surface area contributed by atoms with E-state index in [0.29, 0.717) is 0 Å². The van der Waals surface area contributed by atoms with Gasteiger partial charge < -0.3 is 10.6 Å². The molecule has 1 heterocycles. The summed E-state index contributed by atoms with van der Waals surface area (Å²) in [5.41, 5.74) is 5.33. The van der Waals surface area contributed by atoms with Gasteiger partial charge in [0.05, 0.1) is 5.69 Å². The molecule has 0 atom stereocenters. The lowest BCUT2D eigenvalue weighted by Crippen LogP contribution is -2.30. The van der Waals surface area contributed by atoms with Gasteiger partial charge in [-0.1, -0.05) is 0 Å². The van der Waals surface area contributed by atoms with Crippen LogP contribution in [0.25, 0.3) is 0 Å². The number of nitriles is 2. The third-order valence-electron chi connectivity index (χ3n) is 1.90. The first kappa shape index (κ1) is 13.1. The minimum absolute atomic E-state index is 0.0468. The number of halogens is 3. The van der Waals surface area contributed by atoms with Crippen LogP contribution in [-0.2, 0) is 0 Å². The molecule has 4 nitrogen and oxygen atoms in total. The Morgan fingerprint density at radius 2 is 1.94 bits per heavy atom. The van der Waals surface area contributed by atoms with Crippen molar-refractivity contribution < 1.29 is 13.2 Å². The van der Waals surface area contributed by atoms with Crippen molar-refractivity contribution in [1.29, 1.82) is 10.5 Å². The third-order valence-corrected chi connectivity index (χ3v) is 3.13. The van der Waals surface area contributed by atoms with Gasteiger partial charge in [-0.05, 0) is 0 Å². The molecule has 0 aromatic carbocycles. The lowest BCUT2D eigenvalue weighted by Gasteiger charge is -2.19. The summed E-state index contributed by atoms with van der Waals surface area (Å²) in [4.78, 5) is 0.908. The first-order valence-corrected chi connectivity index (χ1v) is 5.12. The lowest BCUT2D eigenvalue weighted by molar-refractivity contribution is -0.119. The monoisotopic (exact) mass is 260 g/mol. The molecule has 0 aliphatic rings. The largest absolute Gasteiger partial charge is 0.405 e. The topological polar surface area (TPSA) is 76.8 Å². The van der Waals surface area contributed by atoms with Gasteiger partial charge in [0.1, 0.15) is 34.1 Å². The molecule has 0 radical (unpaired) electrons. The second-order valence-corrected chi connectivity index (χ2v) is 4.22. The predicted octanol–water partition coefficient (Wildman–Crippen LogP) is 2.07. The van der Waals surface area contributed by atoms with E-state index < -0.39 is 12.7 Å². The van der Waals surface area contributed by atoms with Crippen LogP contribution in [0, 0.1) is 22.7 Å². The van der Waals surface area contributed by atoms with E-state index in [9.17, 15) is 13.2 Å². The fourth-order valence-corrected chi connectivity index (χ4v) is 2.16. The number of thiophene rings is 1. The molecule has 0 amide bonds. The van der Waals surface area contributed by atoms with E-state index >= 15 is 0 Å². The van der Waals surface area contributed by atoms with Crippen LogP contribution in [0.1, 0.15) is 10.4 Å². The van der Waals surface area contributed by atoms with Gasteiger partial charge in [0, 0.05) is 7.05 Å². The number of nitrogens with two attached hydrogens (primary N) is 1. The molecule has 90 valence electrons. The van der Waals surface area contributed by atoms with Crippen LogP contribution >= 0.6 is 11.3 Å². The van der Waals surface area contributed by atoms with Gasteiger partial charge in [-0.3, -0.25) is 0 Å².